The lowest BCUT2D eigenvalue weighted by Crippen LogP contribution is -2.45. The van der Waals surface area contributed by atoms with Crippen molar-refractivity contribution in [2.45, 2.75) is 81.8 Å². The van der Waals surface area contributed by atoms with Crippen molar-refractivity contribution in [1.82, 2.24) is 19.4 Å². The fraction of sp³-hybridized carbons (Fsp3) is 0.636. The predicted molar refractivity (Wildman–Crippen MR) is 122 cm³/mol. The normalized spacial score (nSPS) is 29.4. The molecule has 1 saturated carbocycles. The maximum absolute atomic E-state index is 13.1. The van der Waals surface area contributed by atoms with Crippen LogP contribution in [0.5, 0.6) is 0 Å². The summed E-state index contributed by atoms with van der Waals surface area (Å²) in [6, 6.07) is 2.99. The van der Waals surface area contributed by atoms with Crippen LogP contribution >= 0.6 is 15.9 Å². The summed E-state index contributed by atoms with van der Waals surface area (Å²) in [5, 5.41) is 12.6. The zero-order chi connectivity index (χ0) is 24.2. The van der Waals surface area contributed by atoms with Gasteiger partial charge in [-0.25, -0.2) is 9.97 Å². The lowest BCUT2D eigenvalue weighted by molar-refractivity contribution is -0.140. The van der Waals surface area contributed by atoms with Gasteiger partial charge in [-0.1, -0.05) is 0 Å². The zero-order valence-corrected chi connectivity index (χ0v) is 19.9. The van der Waals surface area contributed by atoms with E-state index in [1.54, 1.807) is 6.07 Å². The van der Waals surface area contributed by atoms with E-state index in [0.29, 0.717) is 22.4 Å². The predicted octanol–water partition coefficient (Wildman–Crippen LogP) is 3.69. The minimum atomic E-state index is -4.49. The molecule has 3 N–H and O–H groups in total. The quantitative estimate of drug-likeness (QED) is 0.599. The number of primary amides is 1. The molecule has 1 aliphatic carbocycles. The van der Waals surface area contributed by atoms with Gasteiger partial charge in [-0.15, -0.1) is 0 Å². The molecule has 12 heteroatoms. The van der Waals surface area contributed by atoms with Gasteiger partial charge in [-0.3, -0.25) is 9.69 Å². The number of hydrogen-bond donors (Lipinski definition) is 2. The molecule has 5 rings (SSSR count). The van der Waals surface area contributed by atoms with Crippen LogP contribution < -0.4 is 11.1 Å². The topological polar surface area (TPSA) is 113 Å². The molecule has 0 aromatic carbocycles. The number of nitrogens with zero attached hydrogens (tertiary/aromatic N) is 5. The molecule has 182 valence electrons. The first-order valence-electron chi connectivity index (χ1n) is 11.5. The highest BCUT2D eigenvalue weighted by molar-refractivity contribution is 9.10. The summed E-state index contributed by atoms with van der Waals surface area (Å²) < 4.78 is 40.6. The van der Waals surface area contributed by atoms with Gasteiger partial charge in [0.15, 0.2) is 0 Å². The molecular weight excluding hydrogens is 515 g/mol. The number of nitrogens with one attached hydrogen (secondary N) is 1. The molecule has 2 aromatic rings. The fourth-order valence-electron chi connectivity index (χ4n) is 6.22. The Hall–Kier alpha value is -2.39. The van der Waals surface area contributed by atoms with Crippen LogP contribution in [0.1, 0.15) is 50.8 Å². The summed E-state index contributed by atoms with van der Waals surface area (Å²) >= 11 is 3.40. The number of nitrogens with two attached hydrogens (primary N) is 1. The second kappa shape index (κ2) is 8.68. The second-order valence-electron chi connectivity index (χ2n) is 9.54. The first-order chi connectivity index (χ1) is 16.2. The number of nitriles is 1. The van der Waals surface area contributed by atoms with E-state index in [2.05, 4.69) is 36.1 Å². The summed E-state index contributed by atoms with van der Waals surface area (Å²) in [5.41, 5.74) is 6.05. The Morgan fingerprint density at radius 3 is 2.56 bits per heavy atom. The van der Waals surface area contributed by atoms with Crippen LogP contribution in [-0.4, -0.2) is 55.7 Å². The lowest BCUT2D eigenvalue weighted by atomic mass is 9.88. The summed E-state index contributed by atoms with van der Waals surface area (Å²) in [4.78, 5) is 22.7. The Kier molecular flexibility index (Phi) is 5.96. The average molecular weight is 540 g/mol. The van der Waals surface area contributed by atoms with Crippen LogP contribution in [0.15, 0.2) is 10.7 Å². The highest BCUT2D eigenvalue weighted by atomic mass is 79.9. The summed E-state index contributed by atoms with van der Waals surface area (Å²) in [5.74, 6) is -0.0923. The Balaban J connectivity index is 1.30. The number of halogens is 4. The average Bonchev–Trinajstić information content (AvgIpc) is 3.46. The fourth-order valence-corrected chi connectivity index (χ4v) is 6.86. The van der Waals surface area contributed by atoms with Gasteiger partial charge < -0.3 is 15.6 Å². The van der Waals surface area contributed by atoms with E-state index in [-0.39, 0.29) is 40.8 Å². The number of hydrogen-bond acceptors (Lipinski definition) is 6. The lowest BCUT2D eigenvalue weighted by Gasteiger charge is -2.38. The molecule has 2 aliphatic heterocycles. The number of alkyl halides is 3. The molecule has 0 spiro atoms. The largest absolute Gasteiger partial charge is 0.406 e. The standard InChI is InChI=1S/C22H25BrF3N7O/c23-18-19-15(31-17(8-27)32(19)10-22(24,25)26)9-29-21(18)30-11-1-3-12(4-2-11)33-13-5-6-16(33)14(7-13)20(28)34/h9,11-14,16H,1-7,10H2,(H2,28,34)(H,29,30). The number of carbonyl (C=O) groups is 1. The molecule has 3 aliphatic rings. The van der Waals surface area contributed by atoms with E-state index in [9.17, 15) is 23.2 Å². The number of imidazole rings is 1. The first kappa shape index (κ1) is 23.4. The Morgan fingerprint density at radius 1 is 1.24 bits per heavy atom. The van der Waals surface area contributed by atoms with Gasteiger partial charge in [0.2, 0.25) is 11.7 Å². The number of pyridine rings is 1. The third-order valence-corrected chi connectivity index (χ3v) is 8.33. The van der Waals surface area contributed by atoms with Crippen molar-refractivity contribution in [3.05, 3.63) is 16.5 Å². The second-order valence-corrected chi connectivity index (χ2v) is 10.3. The molecule has 4 heterocycles. The molecule has 0 radical (unpaired) electrons. The molecule has 2 bridgehead atoms. The van der Waals surface area contributed by atoms with Crippen molar-refractivity contribution >= 4 is 38.7 Å². The molecular formula is C22H25BrF3N7O. The SMILES string of the molecule is N#Cc1nc2cnc(NC3CCC(N4C5CCC4C(C(N)=O)C5)CC3)c(Br)c2n1CC(F)(F)F. The van der Waals surface area contributed by atoms with Gasteiger partial charge in [0.25, 0.3) is 0 Å². The number of anilines is 1. The maximum atomic E-state index is 13.1. The van der Waals surface area contributed by atoms with Crippen LogP contribution in [0.25, 0.3) is 11.0 Å². The van der Waals surface area contributed by atoms with E-state index in [0.717, 1.165) is 49.5 Å². The molecule has 2 saturated heterocycles. The minimum absolute atomic E-state index is 0.0404. The number of rotatable bonds is 5. The molecule has 3 atom stereocenters. The summed E-state index contributed by atoms with van der Waals surface area (Å²) in [6.45, 7) is -1.30. The van der Waals surface area contributed by atoms with Crippen molar-refractivity contribution in [1.29, 1.82) is 5.26 Å². The van der Waals surface area contributed by atoms with Crippen molar-refractivity contribution in [2.75, 3.05) is 5.32 Å². The molecule has 1 amide bonds. The van der Waals surface area contributed by atoms with Gasteiger partial charge in [-0.05, 0) is 60.9 Å². The Labute approximate surface area is 202 Å². The third-order valence-electron chi connectivity index (χ3n) is 7.58. The molecule has 3 fully saturated rings. The van der Waals surface area contributed by atoms with Crippen LogP contribution in [0, 0.1) is 17.2 Å². The van der Waals surface area contributed by atoms with E-state index < -0.39 is 12.7 Å². The van der Waals surface area contributed by atoms with Crippen LogP contribution in [0.3, 0.4) is 0 Å². The Morgan fingerprint density at radius 2 is 1.94 bits per heavy atom. The van der Waals surface area contributed by atoms with Crippen LogP contribution in [0.2, 0.25) is 0 Å². The van der Waals surface area contributed by atoms with E-state index >= 15 is 0 Å². The van der Waals surface area contributed by atoms with E-state index in [1.165, 1.54) is 6.20 Å². The van der Waals surface area contributed by atoms with Crippen LogP contribution in [-0.2, 0) is 11.3 Å². The highest BCUT2D eigenvalue weighted by Gasteiger charge is 2.51. The van der Waals surface area contributed by atoms with Crippen molar-refractivity contribution in [3.8, 4) is 6.07 Å². The van der Waals surface area contributed by atoms with Crippen molar-refractivity contribution < 1.29 is 18.0 Å². The maximum Gasteiger partial charge on any atom is 0.406 e. The summed E-state index contributed by atoms with van der Waals surface area (Å²) in [6.07, 6.45) is 3.65. The molecule has 2 aromatic heterocycles. The third kappa shape index (κ3) is 4.13. The smallest absolute Gasteiger partial charge is 0.369 e. The van der Waals surface area contributed by atoms with Gasteiger partial charge >= 0.3 is 6.18 Å². The monoisotopic (exact) mass is 539 g/mol. The number of carbonyl (C=O) groups excluding carboxylic acids is 1. The Bertz CT molecular complexity index is 1150. The van der Waals surface area contributed by atoms with Crippen LogP contribution in [0.4, 0.5) is 19.0 Å². The van der Waals surface area contributed by atoms with E-state index in [1.807, 2.05) is 0 Å². The van der Waals surface area contributed by atoms with Crippen molar-refractivity contribution in [3.63, 3.8) is 0 Å². The zero-order valence-electron chi connectivity index (χ0n) is 18.4. The number of aromatic nitrogens is 3. The minimum Gasteiger partial charge on any atom is -0.369 e. The van der Waals surface area contributed by atoms with Gasteiger partial charge in [0.05, 0.1) is 22.1 Å². The number of fused-ring (bicyclic) bond motifs is 3. The van der Waals surface area contributed by atoms with Crippen molar-refractivity contribution in [2.24, 2.45) is 11.7 Å². The number of amides is 1. The molecule has 8 nitrogen and oxygen atoms in total. The van der Waals surface area contributed by atoms with Gasteiger partial charge in [-0.2, -0.15) is 18.4 Å². The van der Waals surface area contributed by atoms with Gasteiger partial charge in [0, 0.05) is 24.2 Å². The molecule has 34 heavy (non-hydrogen) atoms. The van der Waals surface area contributed by atoms with E-state index in [4.69, 9.17) is 5.73 Å². The highest BCUT2D eigenvalue weighted by Crippen LogP contribution is 2.45. The van der Waals surface area contributed by atoms with Gasteiger partial charge in [0.1, 0.15) is 23.9 Å². The molecule has 3 unspecified atom stereocenters. The summed E-state index contributed by atoms with van der Waals surface area (Å²) in [7, 11) is 0. The first-order valence-corrected chi connectivity index (χ1v) is 12.3.